The molecule has 2 unspecified atom stereocenters. The first-order valence-corrected chi connectivity index (χ1v) is 7.63. The number of hydrogen-bond acceptors (Lipinski definition) is 4. The van der Waals surface area contributed by atoms with Crippen LogP contribution >= 0.6 is 0 Å². The Hall–Kier alpha value is -1.41. The summed E-state index contributed by atoms with van der Waals surface area (Å²) in [5.74, 6) is 0.492. The lowest BCUT2D eigenvalue weighted by Crippen LogP contribution is -2.49. The molecule has 0 aromatic carbocycles. The highest BCUT2D eigenvalue weighted by Gasteiger charge is 2.37. The molecule has 1 aliphatic heterocycles. The van der Waals surface area contributed by atoms with Crippen molar-refractivity contribution in [2.24, 2.45) is 5.92 Å². The molecule has 0 radical (unpaired) electrons. The predicted molar refractivity (Wildman–Crippen MR) is 74.8 cm³/mol. The van der Waals surface area contributed by atoms with Gasteiger partial charge in [0.05, 0.1) is 19.0 Å². The topological polar surface area (TPSA) is 73.2 Å². The molecule has 1 amide bonds. The van der Waals surface area contributed by atoms with Gasteiger partial charge in [-0.15, -0.1) is 0 Å². The van der Waals surface area contributed by atoms with Crippen LogP contribution in [0.1, 0.15) is 44.9 Å². The Labute approximate surface area is 120 Å². The Morgan fingerprint density at radius 2 is 2.20 bits per heavy atom. The summed E-state index contributed by atoms with van der Waals surface area (Å²) in [6.45, 7) is 1.68. The van der Waals surface area contributed by atoms with Crippen LogP contribution in [0.3, 0.4) is 0 Å². The van der Waals surface area contributed by atoms with E-state index in [0.29, 0.717) is 31.7 Å². The molecule has 0 spiro atoms. The Morgan fingerprint density at radius 1 is 1.35 bits per heavy atom. The molecule has 2 fully saturated rings. The Kier molecular flexibility index (Phi) is 5.54. The number of amides is 1. The molecule has 20 heavy (non-hydrogen) atoms. The average Bonchev–Trinajstić information content (AvgIpc) is 2.86. The van der Waals surface area contributed by atoms with E-state index in [2.05, 4.69) is 10.2 Å². The van der Waals surface area contributed by atoms with Crippen LogP contribution in [0.25, 0.3) is 0 Å². The van der Waals surface area contributed by atoms with Crippen molar-refractivity contribution < 1.29 is 9.59 Å². The van der Waals surface area contributed by atoms with Gasteiger partial charge in [0.1, 0.15) is 5.78 Å². The van der Waals surface area contributed by atoms with Gasteiger partial charge in [-0.3, -0.25) is 14.5 Å². The Bertz CT molecular complexity index is 402. The number of nitriles is 1. The SMILES string of the molecule is N#CCCNC(=O)CN1CCCCC1C1CCCC1=O. The number of likely N-dealkylation sites (tertiary alicyclic amines) is 1. The lowest BCUT2D eigenvalue weighted by Gasteiger charge is -2.38. The first-order chi connectivity index (χ1) is 9.72. The molecule has 5 heteroatoms. The third kappa shape index (κ3) is 3.80. The van der Waals surface area contributed by atoms with Gasteiger partial charge in [0.25, 0.3) is 0 Å². The smallest absolute Gasteiger partial charge is 0.234 e. The number of carbonyl (C=O) groups is 2. The van der Waals surface area contributed by atoms with E-state index in [0.717, 1.165) is 38.6 Å². The Morgan fingerprint density at radius 3 is 2.90 bits per heavy atom. The lowest BCUT2D eigenvalue weighted by atomic mass is 9.88. The summed E-state index contributed by atoms with van der Waals surface area (Å²) in [5, 5.41) is 11.2. The first-order valence-electron chi connectivity index (χ1n) is 7.63. The van der Waals surface area contributed by atoms with Gasteiger partial charge in [0, 0.05) is 24.9 Å². The fraction of sp³-hybridized carbons (Fsp3) is 0.800. The van der Waals surface area contributed by atoms with E-state index in [-0.39, 0.29) is 17.9 Å². The number of piperidine rings is 1. The minimum absolute atomic E-state index is 0.0300. The predicted octanol–water partition coefficient (Wildman–Crippen LogP) is 1.24. The second-order valence-electron chi connectivity index (χ2n) is 5.76. The maximum absolute atomic E-state index is 12.0. The van der Waals surface area contributed by atoms with Gasteiger partial charge in [-0.1, -0.05) is 6.42 Å². The summed E-state index contributed by atoms with van der Waals surface area (Å²) in [7, 11) is 0. The van der Waals surface area contributed by atoms with Crippen LogP contribution in [0.5, 0.6) is 0 Å². The minimum Gasteiger partial charge on any atom is -0.354 e. The molecule has 2 atom stereocenters. The van der Waals surface area contributed by atoms with Crippen molar-refractivity contribution in [2.75, 3.05) is 19.6 Å². The van der Waals surface area contributed by atoms with E-state index in [9.17, 15) is 9.59 Å². The molecule has 1 heterocycles. The molecule has 0 bridgehead atoms. The molecule has 110 valence electrons. The molecule has 5 nitrogen and oxygen atoms in total. The monoisotopic (exact) mass is 277 g/mol. The summed E-state index contributed by atoms with van der Waals surface area (Å²) < 4.78 is 0. The minimum atomic E-state index is -0.0300. The van der Waals surface area contributed by atoms with Crippen LogP contribution in [-0.2, 0) is 9.59 Å². The van der Waals surface area contributed by atoms with Gasteiger partial charge in [-0.25, -0.2) is 0 Å². The zero-order valence-corrected chi connectivity index (χ0v) is 11.9. The highest BCUT2D eigenvalue weighted by atomic mass is 16.2. The largest absolute Gasteiger partial charge is 0.354 e. The molecule has 2 rings (SSSR count). The van der Waals surface area contributed by atoms with Crippen molar-refractivity contribution in [3.63, 3.8) is 0 Å². The van der Waals surface area contributed by atoms with Crippen LogP contribution in [0.15, 0.2) is 0 Å². The summed E-state index contributed by atoms with van der Waals surface area (Å²) in [6.07, 6.45) is 6.32. The maximum atomic E-state index is 12.0. The molecule has 1 saturated heterocycles. The molecule has 0 aromatic rings. The quantitative estimate of drug-likeness (QED) is 0.767. The van der Waals surface area contributed by atoms with Crippen molar-refractivity contribution in [2.45, 2.75) is 51.0 Å². The normalized spacial score (nSPS) is 27.2. The fourth-order valence-electron chi connectivity index (χ4n) is 3.42. The summed E-state index contributed by atoms with van der Waals surface area (Å²) >= 11 is 0. The number of ketones is 1. The maximum Gasteiger partial charge on any atom is 0.234 e. The van der Waals surface area contributed by atoms with Gasteiger partial charge < -0.3 is 5.32 Å². The number of nitrogens with zero attached hydrogens (tertiary/aromatic N) is 2. The first kappa shape index (κ1) is 15.0. The van der Waals surface area contributed by atoms with Crippen LogP contribution in [0.2, 0.25) is 0 Å². The van der Waals surface area contributed by atoms with Crippen LogP contribution in [0, 0.1) is 17.2 Å². The standard InChI is InChI=1S/C15H23N3O2/c16-8-4-9-17-15(20)11-18-10-2-1-6-13(18)12-5-3-7-14(12)19/h12-13H,1-7,9-11H2,(H,17,20). The zero-order chi connectivity index (χ0) is 14.4. The van der Waals surface area contributed by atoms with E-state index in [1.165, 1.54) is 0 Å². The molecular weight excluding hydrogens is 254 g/mol. The summed E-state index contributed by atoms with van der Waals surface area (Å²) in [6, 6.07) is 2.26. The van der Waals surface area contributed by atoms with E-state index < -0.39 is 0 Å². The number of nitrogens with one attached hydrogen (secondary N) is 1. The van der Waals surface area contributed by atoms with Crippen molar-refractivity contribution in [1.29, 1.82) is 5.26 Å². The van der Waals surface area contributed by atoms with E-state index in [1.807, 2.05) is 6.07 Å². The molecule has 2 aliphatic rings. The number of carbonyl (C=O) groups excluding carboxylic acids is 2. The Balaban J connectivity index is 1.88. The van der Waals surface area contributed by atoms with Crippen LogP contribution in [-0.4, -0.2) is 42.3 Å². The highest BCUT2D eigenvalue weighted by molar-refractivity contribution is 5.84. The van der Waals surface area contributed by atoms with Gasteiger partial charge in [0.2, 0.25) is 5.91 Å². The highest BCUT2D eigenvalue weighted by Crippen LogP contribution is 2.32. The summed E-state index contributed by atoms with van der Waals surface area (Å²) in [4.78, 5) is 26.0. The molecule has 1 N–H and O–H groups in total. The zero-order valence-electron chi connectivity index (χ0n) is 11.9. The third-order valence-corrected chi connectivity index (χ3v) is 4.39. The van der Waals surface area contributed by atoms with E-state index in [1.54, 1.807) is 0 Å². The molecule has 1 aliphatic carbocycles. The molecular formula is C15H23N3O2. The van der Waals surface area contributed by atoms with E-state index in [4.69, 9.17) is 5.26 Å². The van der Waals surface area contributed by atoms with Gasteiger partial charge in [0.15, 0.2) is 0 Å². The molecule has 0 aromatic heterocycles. The number of rotatable bonds is 5. The summed E-state index contributed by atoms with van der Waals surface area (Å²) in [5.41, 5.74) is 0. The van der Waals surface area contributed by atoms with Crippen molar-refractivity contribution in [3.05, 3.63) is 0 Å². The van der Waals surface area contributed by atoms with Crippen LogP contribution in [0.4, 0.5) is 0 Å². The lowest BCUT2D eigenvalue weighted by molar-refractivity contribution is -0.127. The van der Waals surface area contributed by atoms with Gasteiger partial charge >= 0.3 is 0 Å². The second-order valence-corrected chi connectivity index (χ2v) is 5.76. The van der Waals surface area contributed by atoms with Crippen LogP contribution < -0.4 is 5.32 Å². The van der Waals surface area contributed by atoms with Crippen molar-refractivity contribution in [1.82, 2.24) is 10.2 Å². The third-order valence-electron chi connectivity index (χ3n) is 4.39. The fourth-order valence-corrected chi connectivity index (χ4v) is 3.42. The number of Topliss-reactive ketones (excluding diaryl/α,β-unsaturated/α-hetero) is 1. The van der Waals surface area contributed by atoms with Gasteiger partial charge in [-0.05, 0) is 32.2 Å². The number of hydrogen-bond donors (Lipinski definition) is 1. The average molecular weight is 277 g/mol. The van der Waals surface area contributed by atoms with Crippen molar-refractivity contribution in [3.8, 4) is 6.07 Å². The van der Waals surface area contributed by atoms with Gasteiger partial charge in [-0.2, -0.15) is 5.26 Å². The second kappa shape index (κ2) is 7.39. The van der Waals surface area contributed by atoms with E-state index >= 15 is 0 Å². The van der Waals surface area contributed by atoms with Crippen molar-refractivity contribution >= 4 is 11.7 Å². The molecule has 1 saturated carbocycles.